The van der Waals surface area contributed by atoms with Gasteiger partial charge in [0.25, 0.3) is 0 Å². The monoisotopic (exact) mass is 379 g/mol. The maximum absolute atomic E-state index is 12.1. The Morgan fingerprint density at radius 1 is 0.963 bits per heavy atom. The second-order valence-corrected chi connectivity index (χ2v) is 6.02. The highest BCUT2D eigenvalue weighted by atomic mass is 19.4. The third kappa shape index (κ3) is 8.59. The Hall–Kier alpha value is -2.54. The molecule has 27 heavy (non-hydrogen) atoms. The van der Waals surface area contributed by atoms with E-state index in [0.29, 0.717) is 18.1 Å². The van der Waals surface area contributed by atoms with Crippen LogP contribution in [0.15, 0.2) is 59.6 Å². The Kier molecular flexibility index (Phi) is 8.13. The first-order valence-electron chi connectivity index (χ1n) is 8.67. The number of nitrogens with zero attached hydrogens (tertiary/aromatic N) is 1. The van der Waals surface area contributed by atoms with E-state index >= 15 is 0 Å². The summed E-state index contributed by atoms with van der Waals surface area (Å²) in [6.45, 7) is -0.0576. The van der Waals surface area contributed by atoms with Crippen LogP contribution in [0, 0.1) is 0 Å². The van der Waals surface area contributed by atoms with Crippen LogP contribution in [0.2, 0.25) is 0 Å². The van der Waals surface area contributed by atoms with Gasteiger partial charge in [-0.05, 0) is 23.1 Å². The molecule has 0 bridgehead atoms. The predicted octanol–water partition coefficient (Wildman–Crippen LogP) is 3.67. The number of rotatable bonds is 8. The number of benzene rings is 2. The van der Waals surface area contributed by atoms with Crippen LogP contribution >= 0.6 is 0 Å². The van der Waals surface area contributed by atoms with Gasteiger partial charge in [-0.25, -0.2) is 0 Å². The lowest BCUT2D eigenvalue weighted by molar-refractivity contribution is -0.176. The molecule has 146 valence electrons. The molecule has 0 aliphatic carbocycles. The first-order chi connectivity index (χ1) is 13.0. The number of hydrogen-bond acceptors (Lipinski definition) is 2. The Balaban J connectivity index is 1.76. The minimum absolute atomic E-state index is 0.0720. The summed E-state index contributed by atoms with van der Waals surface area (Å²) in [5, 5.41) is 6.44. The van der Waals surface area contributed by atoms with Gasteiger partial charge >= 0.3 is 6.18 Å². The van der Waals surface area contributed by atoms with Crippen molar-refractivity contribution in [2.24, 2.45) is 4.99 Å². The molecule has 0 atom stereocenters. The maximum atomic E-state index is 12.1. The SMILES string of the molecule is CN=C(NCCc1ccccc1)NCc1cccc(COCC(F)(F)F)c1. The van der Waals surface area contributed by atoms with Crippen molar-refractivity contribution in [2.75, 3.05) is 20.2 Å². The molecule has 0 aromatic heterocycles. The standard InChI is InChI=1S/C20H24F3N3O/c1-24-19(25-11-10-16-6-3-2-4-7-16)26-13-17-8-5-9-18(12-17)14-27-15-20(21,22)23/h2-9,12H,10-11,13-15H2,1H3,(H2,24,25,26). The van der Waals surface area contributed by atoms with Crippen LogP contribution in [0.5, 0.6) is 0 Å². The third-order valence-corrected chi connectivity index (χ3v) is 3.76. The zero-order valence-corrected chi connectivity index (χ0v) is 15.2. The summed E-state index contributed by atoms with van der Waals surface area (Å²) in [6.07, 6.45) is -3.43. The zero-order chi connectivity index (χ0) is 19.5. The zero-order valence-electron chi connectivity index (χ0n) is 15.2. The van der Waals surface area contributed by atoms with Crippen LogP contribution in [0.3, 0.4) is 0 Å². The summed E-state index contributed by atoms with van der Waals surface area (Å²) in [5.74, 6) is 0.671. The predicted molar refractivity (Wildman–Crippen MR) is 101 cm³/mol. The van der Waals surface area contributed by atoms with Crippen molar-refractivity contribution in [1.82, 2.24) is 10.6 Å². The Bertz CT molecular complexity index is 718. The van der Waals surface area contributed by atoms with Crippen molar-refractivity contribution in [3.8, 4) is 0 Å². The molecule has 2 rings (SSSR count). The molecule has 0 spiro atoms. The molecule has 2 aromatic carbocycles. The molecule has 4 nitrogen and oxygen atoms in total. The number of aliphatic imine (C=N–C) groups is 1. The summed E-state index contributed by atoms with van der Waals surface area (Å²) in [5.41, 5.74) is 2.88. The molecule has 0 aliphatic heterocycles. The first-order valence-corrected chi connectivity index (χ1v) is 8.67. The van der Waals surface area contributed by atoms with Crippen LogP contribution in [-0.4, -0.2) is 32.3 Å². The van der Waals surface area contributed by atoms with Crippen LogP contribution in [-0.2, 0) is 24.3 Å². The first kappa shape index (κ1) is 20.8. The Morgan fingerprint density at radius 2 is 1.67 bits per heavy atom. The largest absolute Gasteiger partial charge is 0.411 e. The lowest BCUT2D eigenvalue weighted by atomic mass is 10.1. The van der Waals surface area contributed by atoms with Crippen molar-refractivity contribution in [3.63, 3.8) is 0 Å². The second-order valence-electron chi connectivity index (χ2n) is 6.02. The summed E-state index contributed by atoms with van der Waals surface area (Å²) >= 11 is 0. The summed E-state index contributed by atoms with van der Waals surface area (Å²) in [7, 11) is 1.69. The molecule has 0 aliphatic rings. The Labute approximate surface area is 157 Å². The van der Waals surface area contributed by atoms with Crippen molar-refractivity contribution in [2.45, 2.75) is 25.7 Å². The van der Waals surface area contributed by atoms with Gasteiger partial charge in [-0.2, -0.15) is 13.2 Å². The van der Waals surface area contributed by atoms with Gasteiger partial charge in [-0.15, -0.1) is 0 Å². The number of hydrogen-bond donors (Lipinski definition) is 2. The van der Waals surface area contributed by atoms with E-state index in [2.05, 4.69) is 27.8 Å². The molecule has 0 unspecified atom stereocenters. The molecule has 7 heteroatoms. The summed E-state index contributed by atoms with van der Waals surface area (Å²) in [6, 6.07) is 17.4. The molecule has 2 N–H and O–H groups in total. The number of nitrogens with one attached hydrogen (secondary N) is 2. The highest BCUT2D eigenvalue weighted by molar-refractivity contribution is 5.79. The highest BCUT2D eigenvalue weighted by Crippen LogP contribution is 2.16. The fourth-order valence-corrected chi connectivity index (χ4v) is 2.49. The quantitative estimate of drug-likeness (QED) is 0.543. The van der Waals surface area contributed by atoms with Crippen LogP contribution < -0.4 is 10.6 Å². The molecule has 0 fully saturated rings. The van der Waals surface area contributed by atoms with E-state index in [1.165, 1.54) is 5.56 Å². The lowest BCUT2D eigenvalue weighted by Gasteiger charge is -2.13. The molecule has 0 heterocycles. The fraction of sp³-hybridized carbons (Fsp3) is 0.350. The summed E-state index contributed by atoms with van der Waals surface area (Å²) < 4.78 is 41.1. The fourth-order valence-electron chi connectivity index (χ4n) is 2.49. The van der Waals surface area contributed by atoms with E-state index in [1.54, 1.807) is 19.2 Å². The Morgan fingerprint density at radius 3 is 2.37 bits per heavy atom. The molecule has 0 radical (unpaired) electrons. The van der Waals surface area contributed by atoms with Gasteiger partial charge in [0.15, 0.2) is 5.96 Å². The second kappa shape index (κ2) is 10.6. The smallest absolute Gasteiger partial charge is 0.367 e. The van der Waals surface area contributed by atoms with Crippen molar-refractivity contribution >= 4 is 5.96 Å². The molecular formula is C20H24F3N3O. The normalized spacial score (nSPS) is 12.1. The van der Waals surface area contributed by atoms with E-state index in [-0.39, 0.29) is 6.61 Å². The minimum Gasteiger partial charge on any atom is -0.367 e. The van der Waals surface area contributed by atoms with Gasteiger partial charge in [0.1, 0.15) is 6.61 Å². The number of guanidine groups is 1. The molecule has 0 saturated heterocycles. The van der Waals surface area contributed by atoms with Crippen molar-refractivity contribution in [3.05, 3.63) is 71.3 Å². The van der Waals surface area contributed by atoms with Crippen molar-refractivity contribution in [1.29, 1.82) is 0 Å². The highest BCUT2D eigenvalue weighted by Gasteiger charge is 2.27. The van der Waals surface area contributed by atoms with Gasteiger partial charge in [0, 0.05) is 20.1 Å². The van der Waals surface area contributed by atoms with Gasteiger partial charge < -0.3 is 15.4 Å². The molecule has 0 amide bonds. The van der Waals surface area contributed by atoms with Crippen molar-refractivity contribution < 1.29 is 17.9 Å². The van der Waals surface area contributed by atoms with E-state index in [0.717, 1.165) is 18.5 Å². The molecule has 0 saturated carbocycles. The number of alkyl halides is 3. The van der Waals surface area contributed by atoms with Gasteiger partial charge in [-0.3, -0.25) is 4.99 Å². The average Bonchev–Trinajstić information content (AvgIpc) is 2.65. The topological polar surface area (TPSA) is 45.7 Å². The van der Waals surface area contributed by atoms with E-state index in [4.69, 9.17) is 4.74 Å². The van der Waals surface area contributed by atoms with Gasteiger partial charge in [0.2, 0.25) is 0 Å². The maximum Gasteiger partial charge on any atom is 0.411 e. The van der Waals surface area contributed by atoms with Crippen LogP contribution in [0.1, 0.15) is 16.7 Å². The lowest BCUT2D eigenvalue weighted by Crippen LogP contribution is -2.37. The van der Waals surface area contributed by atoms with E-state index in [1.807, 2.05) is 30.3 Å². The van der Waals surface area contributed by atoms with Crippen LogP contribution in [0.4, 0.5) is 13.2 Å². The number of halogens is 3. The van der Waals surface area contributed by atoms with Crippen LogP contribution in [0.25, 0.3) is 0 Å². The minimum atomic E-state index is -4.31. The number of ether oxygens (including phenoxy) is 1. The molecular weight excluding hydrogens is 355 g/mol. The van der Waals surface area contributed by atoms with Gasteiger partial charge in [-0.1, -0.05) is 54.6 Å². The van der Waals surface area contributed by atoms with E-state index < -0.39 is 12.8 Å². The summed E-state index contributed by atoms with van der Waals surface area (Å²) in [4.78, 5) is 4.18. The van der Waals surface area contributed by atoms with Gasteiger partial charge in [0.05, 0.1) is 6.61 Å². The average molecular weight is 379 g/mol. The third-order valence-electron chi connectivity index (χ3n) is 3.76. The molecule has 2 aromatic rings. The van der Waals surface area contributed by atoms with E-state index in [9.17, 15) is 13.2 Å².